The Labute approximate surface area is 251 Å². The van der Waals surface area contributed by atoms with Crippen LogP contribution in [0.1, 0.15) is 46.3 Å². The van der Waals surface area contributed by atoms with Gasteiger partial charge in [0, 0.05) is 29.8 Å². The first kappa shape index (κ1) is 31.0. The Kier molecular flexibility index (Phi) is 11.0. The Morgan fingerprint density at radius 3 is 2.23 bits per heavy atom. The van der Waals surface area contributed by atoms with E-state index in [0.717, 1.165) is 5.56 Å². The molecule has 8 heteroatoms. The number of methoxy groups -OCH3 is 1. The monoisotopic (exact) mass is 582 g/mol. The highest BCUT2D eigenvalue weighted by Gasteiger charge is 2.23. The van der Waals surface area contributed by atoms with Crippen molar-refractivity contribution in [3.63, 3.8) is 0 Å². The zero-order chi connectivity index (χ0) is 30.6. The van der Waals surface area contributed by atoms with Gasteiger partial charge >= 0.3 is 5.97 Å². The summed E-state index contributed by atoms with van der Waals surface area (Å²) in [5.74, 6) is -1.17. The van der Waals surface area contributed by atoms with Gasteiger partial charge in [-0.05, 0) is 54.8 Å². The Morgan fingerprint density at radius 2 is 1.51 bits per heavy atom. The summed E-state index contributed by atoms with van der Waals surface area (Å²) in [4.78, 5) is 38.2. The second kappa shape index (κ2) is 15.3. The molecule has 7 nitrogen and oxygen atoms in total. The van der Waals surface area contributed by atoms with E-state index < -0.39 is 23.7 Å². The van der Waals surface area contributed by atoms with Crippen LogP contribution in [0.15, 0.2) is 103 Å². The van der Waals surface area contributed by atoms with Gasteiger partial charge in [-0.15, -0.1) is 0 Å². The largest absolute Gasteiger partial charge is 0.494 e. The quantitative estimate of drug-likeness (QED) is 0.109. The maximum absolute atomic E-state index is 13.9. The lowest BCUT2D eigenvalue weighted by atomic mass is 10.00. The van der Waals surface area contributed by atoms with Gasteiger partial charge in [-0.3, -0.25) is 9.59 Å². The molecule has 0 aromatic heterocycles. The number of para-hydroxylation sites is 1. The van der Waals surface area contributed by atoms with Gasteiger partial charge in [0.1, 0.15) is 17.6 Å². The number of benzene rings is 4. The van der Waals surface area contributed by atoms with Crippen LogP contribution in [-0.2, 0) is 20.7 Å². The third kappa shape index (κ3) is 8.52. The Hall–Kier alpha value is -4.98. The molecule has 0 saturated carbocycles. The van der Waals surface area contributed by atoms with Crippen LogP contribution in [0.4, 0.5) is 10.1 Å². The standard InChI is InChI=1S/C35H35FN2O5/c1-24(28-13-6-8-15-30(28)36)34(40)37-21-10-22-43-27-19-17-25(18-20-27)23-32(35(41)42-2)38-31-16-9-7-14-29(31)33(39)26-11-4-3-5-12-26/h3-9,11-20,24,32,38H,10,21-23H2,1-2H3,(H,37,40). The summed E-state index contributed by atoms with van der Waals surface area (Å²) in [6, 6.07) is 29.0. The van der Waals surface area contributed by atoms with Crippen LogP contribution in [0, 0.1) is 5.82 Å². The molecule has 43 heavy (non-hydrogen) atoms. The minimum absolute atomic E-state index is 0.145. The molecule has 0 aliphatic rings. The highest BCUT2D eigenvalue weighted by atomic mass is 19.1. The van der Waals surface area contributed by atoms with Gasteiger partial charge < -0.3 is 20.1 Å². The molecule has 0 heterocycles. The fourth-order valence-electron chi connectivity index (χ4n) is 4.63. The van der Waals surface area contributed by atoms with Gasteiger partial charge in [-0.2, -0.15) is 0 Å². The maximum Gasteiger partial charge on any atom is 0.328 e. The van der Waals surface area contributed by atoms with Gasteiger partial charge in [-0.1, -0.05) is 72.8 Å². The van der Waals surface area contributed by atoms with E-state index >= 15 is 0 Å². The summed E-state index contributed by atoms with van der Waals surface area (Å²) in [5, 5.41) is 6.03. The van der Waals surface area contributed by atoms with E-state index in [2.05, 4.69) is 10.6 Å². The molecule has 0 saturated heterocycles. The van der Waals surface area contributed by atoms with Crippen molar-refractivity contribution in [3.8, 4) is 5.75 Å². The van der Waals surface area contributed by atoms with Crippen molar-refractivity contribution in [2.75, 3.05) is 25.6 Å². The molecule has 4 rings (SSSR count). The lowest BCUT2D eigenvalue weighted by Crippen LogP contribution is -2.33. The molecule has 222 valence electrons. The number of hydrogen-bond acceptors (Lipinski definition) is 6. The predicted octanol–water partition coefficient (Wildman–Crippen LogP) is 5.94. The predicted molar refractivity (Wildman–Crippen MR) is 164 cm³/mol. The van der Waals surface area contributed by atoms with Crippen molar-refractivity contribution in [3.05, 3.63) is 131 Å². The number of hydrogen-bond donors (Lipinski definition) is 2. The average molecular weight is 583 g/mol. The molecule has 0 fully saturated rings. The number of carbonyl (C=O) groups is 3. The number of esters is 1. The van der Waals surface area contributed by atoms with Crippen molar-refractivity contribution in [1.82, 2.24) is 5.32 Å². The van der Waals surface area contributed by atoms with E-state index in [0.29, 0.717) is 54.1 Å². The third-order valence-corrected chi connectivity index (χ3v) is 7.04. The molecular formula is C35H35FN2O5. The summed E-state index contributed by atoms with van der Waals surface area (Å²) >= 11 is 0. The van der Waals surface area contributed by atoms with Crippen LogP contribution in [0.2, 0.25) is 0 Å². The number of halogens is 1. The molecule has 1 amide bonds. The molecule has 0 spiro atoms. The number of nitrogens with one attached hydrogen (secondary N) is 2. The van der Waals surface area contributed by atoms with Crippen molar-refractivity contribution in [2.45, 2.75) is 31.7 Å². The topological polar surface area (TPSA) is 93.7 Å². The number of carbonyl (C=O) groups excluding carboxylic acids is 3. The van der Waals surface area contributed by atoms with Crippen LogP contribution in [0.25, 0.3) is 0 Å². The smallest absolute Gasteiger partial charge is 0.328 e. The van der Waals surface area contributed by atoms with E-state index in [-0.39, 0.29) is 11.7 Å². The van der Waals surface area contributed by atoms with Gasteiger partial charge in [0.05, 0.1) is 19.6 Å². The van der Waals surface area contributed by atoms with Crippen molar-refractivity contribution >= 4 is 23.3 Å². The fraction of sp³-hybridized carbons (Fsp3) is 0.229. The molecule has 0 aliphatic heterocycles. The first-order chi connectivity index (χ1) is 20.9. The summed E-state index contributed by atoms with van der Waals surface area (Å²) < 4.78 is 24.8. The first-order valence-electron chi connectivity index (χ1n) is 14.1. The Bertz CT molecular complexity index is 1530. The summed E-state index contributed by atoms with van der Waals surface area (Å²) in [5.41, 5.74) is 2.80. The van der Waals surface area contributed by atoms with Crippen LogP contribution >= 0.6 is 0 Å². The first-order valence-corrected chi connectivity index (χ1v) is 14.1. The molecule has 2 N–H and O–H groups in total. The van der Waals surface area contributed by atoms with Gasteiger partial charge in [0.2, 0.25) is 5.91 Å². The van der Waals surface area contributed by atoms with Crippen LogP contribution in [0.3, 0.4) is 0 Å². The summed E-state index contributed by atoms with van der Waals surface area (Å²) in [6.45, 7) is 2.46. The van der Waals surface area contributed by atoms with E-state index in [1.807, 2.05) is 42.5 Å². The van der Waals surface area contributed by atoms with Crippen LogP contribution in [0.5, 0.6) is 5.75 Å². The fourth-order valence-corrected chi connectivity index (χ4v) is 4.63. The van der Waals surface area contributed by atoms with Crippen LogP contribution < -0.4 is 15.4 Å². The normalized spacial score (nSPS) is 12.1. The van der Waals surface area contributed by atoms with Crippen molar-refractivity contribution in [1.29, 1.82) is 0 Å². The molecule has 2 unspecified atom stereocenters. The number of ketones is 1. The van der Waals surface area contributed by atoms with Gasteiger partial charge in [0.15, 0.2) is 5.78 Å². The lowest BCUT2D eigenvalue weighted by Gasteiger charge is -2.20. The highest BCUT2D eigenvalue weighted by Crippen LogP contribution is 2.22. The highest BCUT2D eigenvalue weighted by molar-refractivity contribution is 6.12. The number of anilines is 1. The average Bonchev–Trinajstić information content (AvgIpc) is 3.04. The van der Waals surface area contributed by atoms with E-state index in [1.165, 1.54) is 13.2 Å². The van der Waals surface area contributed by atoms with Crippen molar-refractivity contribution < 1.29 is 28.2 Å². The summed E-state index contributed by atoms with van der Waals surface area (Å²) in [6.07, 6.45) is 0.903. The zero-order valence-corrected chi connectivity index (χ0v) is 24.2. The molecule has 4 aromatic carbocycles. The molecule has 0 radical (unpaired) electrons. The minimum atomic E-state index is -0.725. The molecule has 0 aliphatic carbocycles. The number of rotatable bonds is 14. The second-order valence-electron chi connectivity index (χ2n) is 10.0. The van der Waals surface area contributed by atoms with Crippen molar-refractivity contribution in [2.24, 2.45) is 0 Å². The van der Waals surface area contributed by atoms with Crippen LogP contribution in [-0.4, -0.2) is 44.0 Å². The molecule has 2 atom stereocenters. The minimum Gasteiger partial charge on any atom is -0.494 e. The number of amides is 1. The Balaban J connectivity index is 1.29. The maximum atomic E-state index is 13.9. The SMILES string of the molecule is COC(=O)C(Cc1ccc(OCCCNC(=O)C(C)c2ccccc2F)cc1)Nc1ccccc1C(=O)c1ccccc1. The van der Waals surface area contributed by atoms with E-state index in [1.54, 1.807) is 61.5 Å². The number of ether oxygens (including phenoxy) is 2. The Morgan fingerprint density at radius 1 is 0.837 bits per heavy atom. The molecular weight excluding hydrogens is 547 g/mol. The van der Waals surface area contributed by atoms with Gasteiger partial charge in [-0.25, -0.2) is 9.18 Å². The van der Waals surface area contributed by atoms with E-state index in [4.69, 9.17) is 9.47 Å². The lowest BCUT2D eigenvalue weighted by molar-refractivity contribution is -0.141. The van der Waals surface area contributed by atoms with Gasteiger partial charge in [0.25, 0.3) is 0 Å². The van der Waals surface area contributed by atoms with E-state index in [9.17, 15) is 18.8 Å². The zero-order valence-electron chi connectivity index (χ0n) is 24.2. The second-order valence-corrected chi connectivity index (χ2v) is 10.0. The third-order valence-electron chi connectivity index (χ3n) is 7.04. The summed E-state index contributed by atoms with van der Waals surface area (Å²) in [7, 11) is 1.33. The molecule has 0 bridgehead atoms. The molecule has 4 aromatic rings.